The van der Waals surface area contributed by atoms with Crippen LogP contribution in [0, 0.1) is 6.92 Å². The molecule has 0 aliphatic rings. The summed E-state index contributed by atoms with van der Waals surface area (Å²) >= 11 is 0. The Morgan fingerprint density at radius 3 is 2.29 bits per heavy atom. The molecule has 0 atom stereocenters. The molecule has 0 heterocycles. The number of hydrogen-bond donors (Lipinski definition) is 0. The van der Waals surface area contributed by atoms with E-state index in [1.807, 2.05) is 24.3 Å². The van der Waals surface area contributed by atoms with Crippen LogP contribution in [0.5, 0.6) is 0 Å². The highest BCUT2D eigenvalue weighted by Gasteiger charge is 2.03. The molecule has 0 spiro atoms. The Kier molecular flexibility index (Phi) is 2.19. The number of carbonyl (C=O) groups excluding carboxylic acids is 1. The average Bonchev–Trinajstić information content (AvgIpc) is 2.36. The molecular weight excluding hydrogens is 208 g/mol. The summed E-state index contributed by atoms with van der Waals surface area (Å²) in [6.45, 7) is 2.11. The molecule has 0 unspecified atom stereocenters. The molecular formula is C16H12O. The topological polar surface area (TPSA) is 17.1 Å². The number of rotatable bonds is 1. The predicted molar refractivity (Wildman–Crippen MR) is 71.6 cm³/mol. The lowest BCUT2D eigenvalue weighted by Gasteiger charge is -2.06. The lowest BCUT2D eigenvalue weighted by atomic mass is 9.98. The van der Waals surface area contributed by atoms with Crippen molar-refractivity contribution in [3.63, 3.8) is 0 Å². The van der Waals surface area contributed by atoms with Crippen LogP contribution < -0.4 is 0 Å². The van der Waals surface area contributed by atoms with Crippen LogP contribution in [0.1, 0.15) is 15.9 Å². The van der Waals surface area contributed by atoms with Gasteiger partial charge < -0.3 is 0 Å². The fraction of sp³-hybridized carbons (Fsp3) is 0.0625. The van der Waals surface area contributed by atoms with Crippen LogP contribution in [0.25, 0.3) is 21.5 Å². The molecule has 1 nitrogen and oxygen atoms in total. The number of carbonyl (C=O) groups is 1. The summed E-state index contributed by atoms with van der Waals surface area (Å²) in [6.07, 6.45) is 0.921. The number of hydrogen-bond acceptors (Lipinski definition) is 1. The molecule has 3 aromatic carbocycles. The van der Waals surface area contributed by atoms with Crippen molar-refractivity contribution in [2.75, 3.05) is 0 Å². The number of aryl methyl sites for hydroxylation is 1. The van der Waals surface area contributed by atoms with Gasteiger partial charge in [0.15, 0.2) is 6.29 Å². The molecule has 0 amide bonds. The molecule has 0 saturated carbocycles. The predicted octanol–water partition coefficient (Wildman–Crippen LogP) is 4.11. The van der Waals surface area contributed by atoms with E-state index in [0.717, 1.165) is 22.6 Å². The molecule has 82 valence electrons. The first kappa shape index (κ1) is 10.0. The van der Waals surface area contributed by atoms with E-state index in [1.54, 1.807) is 0 Å². The molecule has 0 aromatic heterocycles. The van der Waals surface area contributed by atoms with Gasteiger partial charge in [-0.25, -0.2) is 0 Å². The van der Waals surface area contributed by atoms with Crippen molar-refractivity contribution >= 4 is 27.8 Å². The summed E-state index contributed by atoms with van der Waals surface area (Å²) in [7, 11) is 0. The Labute approximate surface area is 99.7 Å². The zero-order chi connectivity index (χ0) is 11.8. The highest BCUT2D eigenvalue weighted by Crippen LogP contribution is 2.26. The Morgan fingerprint density at radius 2 is 1.53 bits per heavy atom. The monoisotopic (exact) mass is 220 g/mol. The summed E-state index contributed by atoms with van der Waals surface area (Å²) in [5, 5.41) is 4.59. The van der Waals surface area contributed by atoms with E-state index in [4.69, 9.17) is 0 Å². The van der Waals surface area contributed by atoms with Gasteiger partial charge in [0.05, 0.1) is 0 Å². The Balaban J connectivity index is 2.52. The normalized spacial score (nSPS) is 10.9. The lowest BCUT2D eigenvalue weighted by molar-refractivity contribution is 0.112. The second kappa shape index (κ2) is 3.70. The van der Waals surface area contributed by atoms with Gasteiger partial charge in [0.25, 0.3) is 0 Å². The third kappa shape index (κ3) is 1.51. The zero-order valence-electron chi connectivity index (χ0n) is 9.60. The zero-order valence-corrected chi connectivity index (χ0v) is 9.60. The van der Waals surface area contributed by atoms with Crippen molar-refractivity contribution < 1.29 is 4.79 Å². The quantitative estimate of drug-likeness (QED) is 0.445. The van der Waals surface area contributed by atoms with Crippen molar-refractivity contribution in [2.24, 2.45) is 0 Å². The van der Waals surface area contributed by atoms with Crippen LogP contribution >= 0.6 is 0 Å². The maximum absolute atomic E-state index is 11.0. The van der Waals surface area contributed by atoms with Crippen LogP contribution in [0.3, 0.4) is 0 Å². The Bertz CT molecular complexity index is 726. The highest BCUT2D eigenvalue weighted by atomic mass is 16.1. The molecule has 3 aromatic rings. The summed E-state index contributed by atoms with van der Waals surface area (Å²) in [6, 6.07) is 16.3. The molecule has 0 radical (unpaired) electrons. The maximum atomic E-state index is 11.0. The number of fused-ring (bicyclic) bond motifs is 2. The van der Waals surface area contributed by atoms with E-state index in [9.17, 15) is 4.79 Å². The lowest BCUT2D eigenvalue weighted by Crippen LogP contribution is -1.85. The van der Waals surface area contributed by atoms with Crippen LogP contribution in [0.2, 0.25) is 0 Å². The SMILES string of the molecule is Cc1cccc2cc3c(C=O)cccc3cc12. The van der Waals surface area contributed by atoms with Crippen molar-refractivity contribution in [2.45, 2.75) is 6.92 Å². The molecule has 0 saturated heterocycles. The second-order valence-corrected chi connectivity index (χ2v) is 4.33. The van der Waals surface area contributed by atoms with E-state index >= 15 is 0 Å². The van der Waals surface area contributed by atoms with Gasteiger partial charge >= 0.3 is 0 Å². The molecule has 0 fully saturated rings. The standard InChI is InChI=1S/C16H12O/c1-11-4-2-5-12-9-16-13(8-15(11)12)6-3-7-14(16)10-17/h2-10H,1H3. The van der Waals surface area contributed by atoms with Crippen LogP contribution in [0.4, 0.5) is 0 Å². The second-order valence-electron chi connectivity index (χ2n) is 4.33. The van der Waals surface area contributed by atoms with Gasteiger partial charge in [-0.1, -0.05) is 36.4 Å². The maximum Gasteiger partial charge on any atom is 0.150 e. The third-order valence-electron chi connectivity index (χ3n) is 3.26. The fourth-order valence-corrected chi connectivity index (χ4v) is 2.33. The van der Waals surface area contributed by atoms with Gasteiger partial charge in [0, 0.05) is 5.56 Å². The van der Waals surface area contributed by atoms with Gasteiger partial charge in [0.1, 0.15) is 0 Å². The number of aldehydes is 1. The molecule has 3 rings (SSSR count). The summed E-state index contributed by atoms with van der Waals surface area (Å²) < 4.78 is 0. The first-order valence-corrected chi connectivity index (χ1v) is 5.67. The molecule has 1 heteroatoms. The minimum absolute atomic E-state index is 0.755. The van der Waals surface area contributed by atoms with Crippen molar-refractivity contribution in [3.05, 3.63) is 59.7 Å². The van der Waals surface area contributed by atoms with Crippen LogP contribution in [-0.4, -0.2) is 6.29 Å². The average molecular weight is 220 g/mol. The van der Waals surface area contributed by atoms with Gasteiger partial charge in [-0.3, -0.25) is 4.79 Å². The number of benzene rings is 3. The Hall–Kier alpha value is -2.15. The summed E-state index contributed by atoms with van der Waals surface area (Å²) in [4.78, 5) is 11.0. The first-order valence-electron chi connectivity index (χ1n) is 5.67. The molecule has 0 bridgehead atoms. The molecule has 0 aliphatic heterocycles. The smallest absolute Gasteiger partial charge is 0.150 e. The molecule has 17 heavy (non-hydrogen) atoms. The van der Waals surface area contributed by atoms with Gasteiger partial charge in [-0.15, -0.1) is 0 Å². The van der Waals surface area contributed by atoms with E-state index in [0.29, 0.717) is 0 Å². The third-order valence-corrected chi connectivity index (χ3v) is 3.26. The fourth-order valence-electron chi connectivity index (χ4n) is 2.33. The van der Waals surface area contributed by atoms with E-state index in [-0.39, 0.29) is 0 Å². The Morgan fingerprint density at radius 1 is 0.882 bits per heavy atom. The van der Waals surface area contributed by atoms with E-state index < -0.39 is 0 Å². The van der Waals surface area contributed by atoms with Gasteiger partial charge in [-0.2, -0.15) is 0 Å². The summed E-state index contributed by atoms with van der Waals surface area (Å²) in [5.41, 5.74) is 2.02. The highest BCUT2D eigenvalue weighted by molar-refractivity contribution is 6.05. The largest absolute Gasteiger partial charge is 0.298 e. The first-order chi connectivity index (χ1) is 8.29. The summed E-state index contributed by atoms with van der Waals surface area (Å²) in [5.74, 6) is 0. The van der Waals surface area contributed by atoms with Crippen molar-refractivity contribution in [3.8, 4) is 0 Å². The molecule has 0 aliphatic carbocycles. The van der Waals surface area contributed by atoms with Crippen LogP contribution in [-0.2, 0) is 0 Å². The minimum atomic E-state index is 0.755. The van der Waals surface area contributed by atoms with E-state index in [1.165, 1.54) is 16.3 Å². The van der Waals surface area contributed by atoms with E-state index in [2.05, 4.69) is 31.2 Å². The minimum Gasteiger partial charge on any atom is -0.298 e. The van der Waals surface area contributed by atoms with Crippen molar-refractivity contribution in [1.82, 2.24) is 0 Å². The van der Waals surface area contributed by atoms with Crippen LogP contribution in [0.15, 0.2) is 48.5 Å². The van der Waals surface area contributed by atoms with Crippen molar-refractivity contribution in [1.29, 1.82) is 0 Å². The van der Waals surface area contributed by atoms with Gasteiger partial charge in [0.2, 0.25) is 0 Å². The molecule has 0 N–H and O–H groups in total. The van der Waals surface area contributed by atoms with Gasteiger partial charge in [-0.05, 0) is 46.2 Å².